The van der Waals surface area contributed by atoms with Crippen molar-refractivity contribution >= 4 is 23.0 Å². The Morgan fingerprint density at radius 1 is 1.21 bits per heavy atom. The third-order valence-electron chi connectivity index (χ3n) is 2.50. The quantitative estimate of drug-likeness (QED) is 0.676. The predicted molar refractivity (Wildman–Crippen MR) is 74.2 cm³/mol. The van der Waals surface area contributed by atoms with Gasteiger partial charge in [0.15, 0.2) is 0 Å². The number of benzene rings is 2. The number of nitrogens with zero attached hydrogens (tertiary/aromatic N) is 1. The van der Waals surface area contributed by atoms with Gasteiger partial charge in [-0.15, -0.1) is 0 Å². The van der Waals surface area contributed by atoms with E-state index in [9.17, 15) is 10.1 Å². The van der Waals surface area contributed by atoms with E-state index in [0.29, 0.717) is 5.75 Å². The third-order valence-corrected chi connectivity index (χ3v) is 2.81. The summed E-state index contributed by atoms with van der Waals surface area (Å²) in [6.07, 6.45) is 0. The fourth-order valence-corrected chi connectivity index (χ4v) is 1.81. The molecule has 0 amide bonds. The maximum absolute atomic E-state index is 11.0. The number of hydrogen-bond donors (Lipinski definition) is 1. The van der Waals surface area contributed by atoms with E-state index in [4.69, 9.17) is 16.3 Å². The van der Waals surface area contributed by atoms with Crippen LogP contribution in [0.5, 0.6) is 11.5 Å². The van der Waals surface area contributed by atoms with Crippen LogP contribution in [0.3, 0.4) is 0 Å². The van der Waals surface area contributed by atoms with Gasteiger partial charge in [-0.25, -0.2) is 0 Å². The molecule has 0 aliphatic rings. The van der Waals surface area contributed by atoms with Crippen LogP contribution in [0, 0.1) is 10.1 Å². The molecule has 5 nitrogen and oxygen atoms in total. The number of anilines is 1. The maximum atomic E-state index is 11.0. The molecule has 0 aliphatic heterocycles. The highest BCUT2D eigenvalue weighted by Gasteiger charge is 2.20. The van der Waals surface area contributed by atoms with E-state index in [-0.39, 0.29) is 16.5 Å². The van der Waals surface area contributed by atoms with Gasteiger partial charge in [-0.3, -0.25) is 10.1 Å². The minimum absolute atomic E-state index is 0.0503. The highest BCUT2D eigenvalue weighted by molar-refractivity contribution is 6.32. The highest BCUT2D eigenvalue weighted by atomic mass is 35.5. The summed E-state index contributed by atoms with van der Waals surface area (Å²) in [6.45, 7) is 0. The molecule has 2 aromatic carbocycles. The lowest BCUT2D eigenvalue weighted by Gasteiger charge is -2.07. The van der Waals surface area contributed by atoms with Crippen LogP contribution >= 0.6 is 11.6 Å². The van der Waals surface area contributed by atoms with E-state index in [1.54, 1.807) is 25.2 Å². The molecule has 98 valence electrons. The molecule has 1 N–H and O–H groups in total. The molecule has 0 aliphatic carbocycles. The molecule has 0 spiro atoms. The summed E-state index contributed by atoms with van der Waals surface area (Å²) in [5, 5.41) is 14.0. The van der Waals surface area contributed by atoms with E-state index >= 15 is 0 Å². The van der Waals surface area contributed by atoms with Crippen LogP contribution in [0.25, 0.3) is 0 Å². The summed E-state index contributed by atoms with van der Waals surface area (Å²) < 4.78 is 5.50. The number of nitro groups is 1. The van der Waals surface area contributed by atoms with Crippen LogP contribution in [-0.4, -0.2) is 12.0 Å². The first-order valence-electron chi connectivity index (χ1n) is 5.50. The summed E-state index contributed by atoms with van der Waals surface area (Å²) in [7, 11) is 1.80. The van der Waals surface area contributed by atoms with Gasteiger partial charge in [-0.1, -0.05) is 17.7 Å². The molecule has 2 aromatic rings. The molecule has 0 saturated heterocycles. The van der Waals surface area contributed by atoms with Gasteiger partial charge in [0.1, 0.15) is 10.8 Å². The van der Waals surface area contributed by atoms with Crippen molar-refractivity contribution in [2.75, 3.05) is 12.4 Å². The van der Waals surface area contributed by atoms with Crippen molar-refractivity contribution in [1.82, 2.24) is 0 Å². The molecule has 0 atom stereocenters. The third kappa shape index (κ3) is 2.95. The largest absolute Gasteiger partial charge is 0.450 e. The van der Waals surface area contributed by atoms with E-state index in [0.717, 1.165) is 5.69 Å². The van der Waals surface area contributed by atoms with Crippen LogP contribution in [-0.2, 0) is 0 Å². The van der Waals surface area contributed by atoms with E-state index in [2.05, 4.69) is 5.32 Å². The van der Waals surface area contributed by atoms with Gasteiger partial charge in [0.05, 0.1) is 4.92 Å². The Labute approximate surface area is 114 Å². The van der Waals surface area contributed by atoms with Crippen LogP contribution in [0.4, 0.5) is 11.4 Å². The SMILES string of the molecule is CNc1ccc(Oc2cccc(Cl)c2[N+](=O)[O-])cc1. The topological polar surface area (TPSA) is 64.4 Å². The first-order chi connectivity index (χ1) is 9.11. The zero-order valence-corrected chi connectivity index (χ0v) is 10.8. The number of nitrogens with one attached hydrogen (secondary N) is 1. The Morgan fingerprint density at radius 2 is 1.89 bits per heavy atom. The summed E-state index contributed by atoms with van der Waals surface area (Å²) >= 11 is 5.81. The minimum Gasteiger partial charge on any atom is -0.450 e. The predicted octanol–water partition coefficient (Wildman–Crippen LogP) is 4.08. The first-order valence-corrected chi connectivity index (χ1v) is 5.88. The van der Waals surface area contributed by atoms with Gasteiger partial charge in [0, 0.05) is 12.7 Å². The second-order valence-corrected chi connectivity index (χ2v) is 4.13. The highest BCUT2D eigenvalue weighted by Crippen LogP contribution is 2.37. The molecule has 0 heterocycles. The molecule has 19 heavy (non-hydrogen) atoms. The summed E-state index contributed by atoms with van der Waals surface area (Å²) in [4.78, 5) is 10.4. The number of hydrogen-bond acceptors (Lipinski definition) is 4. The summed E-state index contributed by atoms with van der Waals surface area (Å²) in [6, 6.07) is 11.6. The summed E-state index contributed by atoms with van der Waals surface area (Å²) in [5.41, 5.74) is 0.690. The van der Waals surface area contributed by atoms with Crippen molar-refractivity contribution in [1.29, 1.82) is 0 Å². The van der Waals surface area contributed by atoms with Crippen molar-refractivity contribution in [3.63, 3.8) is 0 Å². The number of para-hydroxylation sites is 1. The number of rotatable bonds is 4. The van der Waals surface area contributed by atoms with Crippen LogP contribution in [0.15, 0.2) is 42.5 Å². The normalized spacial score (nSPS) is 10.0. The molecule has 0 bridgehead atoms. The van der Waals surface area contributed by atoms with E-state index in [1.807, 2.05) is 12.1 Å². The standard InChI is InChI=1S/C13H11ClN2O3/c1-15-9-5-7-10(8-6-9)19-12-4-2-3-11(14)13(12)16(17)18/h2-8,15H,1H3. The Morgan fingerprint density at radius 3 is 2.47 bits per heavy atom. The Balaban J connectivity index is 2.32. The molecule has 0 unspecified atom stereocenters. The zero-order valence-electron chi connectivity index (χ0n) is 10.1. The van der Waals surface area contributed by atoms with Gasteiger partial charge in [0.2, 0.25) is 5.75 Å². The van der Waals surface area contributed by atoms with Crippen molar-refractivity contribution in [2.45, 2.75) is 0 Å². The van der Waals surface area contributed by atoms with Crippen LogP contribution in [0.2, 0.25) is 5.02 Å². The van der Waals surface area contributed by atoms with Gasteiger partial charge in [-0.2, -0.15) is 0 Å². The molecule has 0 radical (unpaired) electrons. The lowest BCUT2D eigenvalue weighted by atomic mass is 10.3. The lowest BCUT2D eigenvalue weighted by Crippen LogP contribution is -1.94. The Kier molecular flexibility index (Phi) is 3.87. The number of halogens is 1. The van der Waals surface area contributed by atoms with E-state index in [1.165, 1.54) is 12.1 Å². The smallest absolute Gasteiger partial charge is 0.329 e. The van der Waals surface area contributed by atoms with Gasteiger partial charge >= 0.3 is 5.69 Å². The summed E-state index contributed by atoms with van der Waals surface area (Å²) in [5.74, 6) is 0.624. The van der Waals surface area contributed by atoms with Crippen molar-refractivity contribution in [3.05, 3.63) is 57.6 Å². The van der Waals surface area contributed by atoms with Gasteiger partial charge < -0.3 is 10.1 Å². The minimum atomic E-state index is -0.556. The molecule has 0 fully saturated rings. The molecule has 0 aromatic heterocycles. The lowest BCUT2D eigenvalue weighted by molar-refractivity contribution is -0.385. The first kappa shape index (κ1) is 13.2. The molecular formula is C13H11ClN2O3. The van der Waals surface area contributed by atoms with Crippen LogP contribution in [0.1, 0.15) is 0 Å². The maximum Gasteiger partial charge on any atom is 0.329 e. The molecule has 0 saturated carbocycles. The van der Waals surface area contributed by atoms with Crippen molar-refractivity contribution < 1.29 is 9.66 Å². The average molecular weight is 279 g/mol. The average Bonchev–Trinajstić information content (AvgIpc) is 2.39. The van der Waals surface area contributed by atoms with Crippen LogP contribution < -0.4 is 10.1 Å². The monoisotopic (exact) mass is 278 g/mol. The van der Waals surface area contributed by atoms with Gasteiger partial charge in [0.25, 0.3) is 0 Å². The second kappa shape index (κ2) is 5.58. The second-order valence-electron chi connectivity index (χ2n) is 3.72. The van der Waals surface area contributed by atoms with Crippen molar-refractivity contribution in [2.24, 2.45) is 0 Å². The zero-order chi connectivity index (χ0) is 13.8. The fraction of sp³-hybridized carbons (Fsp3) is 0.0769. The molecule has 2 rings (SSSR count). The Bertz CT molecular complexity index is 599. The van der Waals surface area contributed by atoms with Gasteiger partial charge in [-0.05, 0) is 36.4 Å². The fourth-order valence-electron chi connectivity index (χ4n) is 1.57. The van der Waals surface area contributed by atoms with E-state index < -0.39 is 4.92 Å². The van der Waals surface area contributed by atoms with Crippen molar-refractivity contribution in [3.8, 4) is 11.5 Å². The Hall–Kier alpha value is -2.27. The number of ether oxygens (including phenoxy) is 1. The molecule has 6 heteroatoms. The number of nitro benzene ring substituents is 1. The molecular weight excluding hydrogens is 268 g/mol.